The van der Waals surface area contributed by atoms with Gasteiger partial charge in [-0.05, 0) is 18.1 Å². The Bertz CT molecular complexity index is 753. The van der Waals surface area contributed by atoms with E-state index in [2.05, 4.69) is 43.5 Å². The molecule has 0 spiro atoms. The number of benzene rings is 1. The Morgan fingerprint density at radius 1 is 1.22 bits per heavy atom. The van der Waals surface area contributed by atoms with Crippen LogP contribution in [-0.4, -0.2) is 67.3 Å². The molecule has 2 aromatic rings. The quantitative estimate of drug-likeness (QED) is 0.656. The lowest BCUT2D eigenvalue weighted by Gasteiger charge is -2.36. The van der Waals surface area contributed by atoms with Gasteiger partial charge in [0, 0.05) is 58.3 Å². The minimum Gasteiger partial charge on any atom is -0.493 e. The summed E-state index contributed by atoms with van der Waals surface area (Å²) in [6.45, 7) is 6.41. The highest BCUT2D eigenvalue weighted by Gasteiger charge is 2.24. The standard InChI is InChI=1S/C20H27N5O2/c1-21-20(22-14-16-6-12-26-19-5-3-2-4-18(16)19)25-10-8-24(9-11-25)15-17-7-13-27-23-17/h2-5,7,13,16H,6,8-12,14-15H2,1H3,(H,21,22). The van der Waals surface area contributed by atoms with Crippen molar-refractivity contribution in [2.45, 2.75) is 18.9 Å². The molecule has 0 radical (unpaired) electrons. The molecule has 3 heterocycles. The number of nitrogens with zero attached hydrogens (tertiary/aromatic N) is 4. The predicted octanol–water partition coefficient (Wildman–Crippen LogP) is 1.93. The normalized spacial score (nSPS) is 20.9. The molecule has 1 atom stereocenters. The van der Waals surface area contributed by atoms with Crippen LogP contribution in [0.15, 0.2) is 46.1 Å². The van der Waals surface area contributed by atoms with Crippen LogP contribution in [0.2, 0.25) is 0 Å². The van der Waals surface area contributed by atoms with E-state index in [1.165, 1.54) is 5.56 Å². The molecule has 2 aliphatic heterocycles. The minimum absolute atomic E-state index is 0.458. The average Bonchev–Trinajstić information content (AvgIpc) is 3.23. The van der Waals surface area contributed by atoms with Crippen molar-refractivity contribution in [3.05, 3.63) is 47.9 Å². The summed E-state index contributed by atoms with van der Waals surface area (Å²) in [4.78, 5) is 9.24. The molecule has 1 fully saturated rings. The molecule has 27 heavy (non-hydrogen) atoms. The number of aromatic nitrogens is 1. The van der Waals surface area contributed by atoms with Crippen LogP contribution in [0.25, 0.3) is 0 Å². The molecule has 1 aromatic heterocycles. The summed E-state index contributed by atoms with van der Waals surface area (Å²) in [5.41, 5.74) is 2.29. The molecule has 0 saturated carbocycles. The Balaban J connectivity index is 1.29. The number of para-hydroxylation sites is 1. The number of ether oxygens (including phenoxy) is 1. The second-order valence-corrected chi connectivity index (χ2v) is 7.05. The van der Waals surface area contributed by atoms with Crippen LogP contribution in [0.5, 0.6) is 5.75 Å². The third-order valence-corrected chi connectivity index (χ3v) is 5.35. The van der Waals surface area contributed by atoms with Gasteiger partial charge in [0.05, 0.1) is 12.3 Å². The maximum atomic E-state index is 5.77. The minimum atomic E-state index is 0.458. The second kappa shape index (κ2) is 8.43. The van der Waals surface area contributed by atoms with E-state index in [1.807, 2.05) is 19.2 Å². The van der Waals surface area contributed by atoms with Crippen molar-refractivity contribution < 1.29 is 9.26 Å². The molecule has 0 aliphatic carbocycles. The first-order valence-corrected chi connectivity index (χ1v) is 9.62. The van der Waals surface area contributed by atoms with E-state index < -0.39 is 0 Å². The fraction of sp³-hybridized carbons (Fsp3) is 0.500. The van der Waals surface area contributed by atoms with Crippen LogP contribution in [-0.2, 0) is 6.54 Å². The monoisotopic (exact) mass is 369 g/mol. The Morgan fingerprint density at radius 2 is 2.07 bits per heavy atom. The number of hydrogen-bond acceptors (Lipinski definition) is 5. The van der Waals surface area contributed by atoms with Gasteiger partial charge in [-0.25, -0.2) is 0 Å². The molecule has 4 rings (SSSR count). The highest BCUT2D eigenvalue weighted by Crippen LogP contribution is 2.32. The number of hydrogen-bond donors (Lipinski definition) is 1. The molecule has 1 aromatic carbocycles. The van der Waals surface area contributed by atoms with Crippen molar-refractivity contribution in [2.24, 2.45) is 4.99 Å². The fourth-order valence-electron chi connectivity index (χ4n) is 3.84. The van der Waals surface area contributed by atoms with Crippen LogP contribution in [0.1, 0.15) is 23.6 Å². The maximum absolute atomic E-state index is 5.77. The Hall–Kier alpha value is -2.54. The summed E-state index contributed by atoms with van der Waals surface area (Å²) in [5.74, 6) is 2.47. The molecule has 7 nitrogen and oxygen atoms in total. The van der Waals surface area contributed by atoms with Crippen LogP contribution in [0, 0.1) is 0 Å². The lowest BCUT2D eigenvalue weighted by Crippen LogP contribution is -2.52. The number of aliphatic imine (C=N–C) groups is 1. The van der Waals surface area contributed by atoms with Gasteiger partial charge in [0.25, 0.3) is 0 Å². The highest BCUT2D eigenvalue weighted by molar-refractivity contribution is 5.80. The van der Waals surface area contributed by atoms with Crippen LogP contribution in [0.3, 0.4) is 0 Å². The van der Waals surface area contributed by atoms with Gasteiger partial charge in [-0.2, -0.15) is 0 Å². The molecule has 7 heteroatoms. The van der Waals surface area contributed by atoms with E-state index in [0.717, 1.165) is 69.7 Å². The van der Waals surface area contributed by atoms with Crippen LogP contribution < -0.4 is 10.1 Å². The van der Waals surface area contributed by atoms with Crippen molar-refractivity contribution in [1.29, 1.82) is 0 Å². The number of guanidine groups is 1. The Kier molecular flexibility index (Phi) is 5.58. The van der Waals surface area contributed by atoms with Crippen molar-refractivity contribution in [1.82, 2.24) is 20.3 Å². The van der Waals surface area contributed by atoms with E-state index in [1.54, 1.807) is 6.26 Å². The molecule has 0 amide bonds. The van der Waals surface area contributed by atoms with Gasteiger partial charge >= 0.3 is 0 Å². The smallest absolute Gasteiger partial charge is 0.193 e. The van der Waals surface area contributed by atoms with Crippen molar-refractivity contribution in [3.63, 3.8) is 0 Å². The molecular formula is C20H27N5O2. The van der Waals surface area contributed by atoms with E-state index in [0.29, 0.717) is 5.92 Å². The van der Waals surface area contributed by atoms with E-state index in [-0.39, 0.29) is 0 Å². The van der Waals surface area contributed by atoms with Gasteiger partial charge in [-0.3, -0.25) is 9.89 Å². The first kappa shape index (κ1) is 17.9. The first-order valence-electron chi connectivity index (χ1n) is 9.62. The van der Waals surface area contributed by atoms with Gasteiger partial charge in [0.2, 0.25) is 0 Å². The van der Waals surface area contributed by atoms with Gasteiger partial charge in [0.15, 0.2) is 5.96 Å². The fourth-order valence-corrected chi connectivity index (χ4v) is 3.84. The number of fused-ring (bicyclic) bond motifs is 1. The largest absolute Gasteiger partial charge is 0.493 e. The van der Waals surface area contributed by atoms with Gasteiger partial charge in [0.1, 0.15) is 12.0 Å². The maximum Gasteiger partial charge on any atom is 0.193 e. The number of piperazine rings is 1. The molecule has 1 unspecified atom stereocenters. The third kappa shape index (κ3) is 4.24. The van der Waals surface area contributed by atoms with Gasteiger partial charge in [-0.1, -0.05) is 23.4 Å². The Morgan fingerprint density at radius 3 is 2.85 bits per heavy atom. The summed E-state index contributed by atoms with van der Waals surface area (Å²) in [5, 5.41) is 7.59. The average molecular weight is 369 g/mol. The summed E-state index contributed by atoms with van der Waals surface area (Å²) >= 11 is 0. The van der Waals surface area contributed by atoms with Crippen LogP contribution in [0.4, 0.5) is 0 Å². The van der Waals surface area contributed by atoms with E-state index in [9.17, 15) is 0 Å². The first-order chi connectivity index (χ1) is 13.3. The van der Waals surface area contributed by atoms with Crippen molar-refractivity contribution in [3.8, 4) is 5.75 Å². The molecular weight excluding hydrogens is 342 g/mol. The third-order valence-electron chi connectivity index (χ3n) is 5.35. The lowest BCUT2D eigenvalue weighted by molar-refractivity contribution is 0.168. The summed E-state index contributed by atoms with van der Waals surface area (Å²) in [6, 6.07) is 10.3. The summed E-state index contributed by atoms with van der Waals surface area (Å²) in [7, 11) is 1.86. The number of nitrogens with one attached hydrogen (secondary N) is 1. The molecule has 2 aliphatic rings. The van der Waals surface area contributed by atoms with Gasteiger partial charge < -0.3 is 19.5 Å². The summed E-state index contributed by atoms with van der Waals surface area (Å²) in [6.07, 6.45) is 2.66. The zero-order valence-electron chi connectivity index (χ0n) is 15.8. The summed E-state index contributed by atoms with van der Waals surface area (Å²) < 4.78 is 10.7. The SMILES string of the molecule is CN=C(NCC1CCOc2ccccc21)N1CCN(Cc2ccon2)CC1. The zero-order chi connectivity index (χ0) is 18.5. The molecule has 144 valence electrons. The molecule has 1 N–H and O–H groups in total. The van der Waals surface area contributed by atoms with E-state index in [4.69, 9.17) is 9.26 Å². The predicted molar refractivity (Wildman–Crippen MR) is 104 cm³/mol. The van der Waals surface area contributed by atoms with Crippen molar-refractivity contribution >= 4 is 5.96 Å². The zero-order valence-corrected chi connectivity index (χ0v) is 15.8. The molecule has 1 saturated heterocycles. The molecule has 0 bridgehead atoms. The topological polar surface area (TPSA) is 66.1 Å². The van der Waals surface area contributed by atoms with Gasteiger partial charge in [-0.15, -0.1) is 0 Å². The number of rotatable bonds is 4. The second-order valence-electron chi connectivity index (χ2n) is 7.05. The highest BCUT2D eigenvalue weighted by atomic mass is 16.5. The van der Waals surface area contributed by atoms with Crippen molar-refractivity contribution in [2.75, 3.05) is 46.4 Å². The lowest BCUT2D eigenvalue weighted by atomic mass is 9.93. The Labute approximate surface area is 160 Å². The van der Waals surface area contributed by atoms with E-state index >= 15 is 0 Å². The van der Waals surface area contributed by atoms with Crippen LogP contribution >= 0.6 is 0 Å².